The van der Waals surface area contributed by atoms with Crippen molar-refractivity contribution < 1.29 is 4.74 Å². The highest BCUT2D eigenvalue weighted by Crippen LogP contribution is 2.18. The van der Waals surface area contributed by atoms with Crippen LogP contribution in [0, 0.1) is 12.3 Å². The number of ether oxygens (including phenoxy) is 1. The van der Waals surface area contributed by atoms with E-state index in [2.05, 4.69) is 27.4 Å². The molecule has 1 atom stereocenters. The van der Waals surface area contributed by atoms with Crippen LogP contribution in [-0.2, 0) is 11.3 Å². The lowest BCUT2D eigenvalue weighted by molar-refractivity contribution is 0.0940. The van der Waals surface area contributed by atoms with Crippen molar-refractivity contribution in [3.05, 3.63) is 12.4 Å². The predicted octanol–water partition coefficient (Wildman–Crippen LogP) is 1.57. The van der Waals surface area contributed by atoms with Gasteiger partial charge in [0.05, 0.1) is 31.1 Å². The Kier molecular flexibility index (Phi) is 4.79. The van der Waals surface area contributed by atoms with Crippen molar-refractivity contribution in [1.29, 1.82) is 0 Å². The molecule has 0 saturated carbocycles. The summed E-state index contributed by atoms with van der Waals surface area (Å²) < 4.78 is 7.64. The predicted molar refractivity (Wildman–Crippen MR) is 83.1 cm³/mol. The molecular formula is C16H24N4O. The van der Waals surface area contributed by atoms with Crippen molar-refractivity contribution in [2.75, 3.05) is 31.6 Å². The second-order valence-corrected chi connectivity index (χ2v) is 5.98. The third-order valence-electron chi connectivity index (χ3n) is 4.32. The highest BCUT2D eigenvalue weighted by atomic mass is 16.5. The summed E-state index contributed by atoms with van der Waals surface area (Å²) in [5.74, 6) is 2.72. The first-order valence-electron chi connectivity index (χ1n) is 7.90. The summed E-state index contributed by atoms with van der Waals surface area (Å²) in [7, 11) is 0. The Hall–Kier alpha value is -1.51. The van der Waals surface area contributed by atoms with Gasteiger partial charge in [0.2, 0.25) is 0 Å². The molecule has 0 spiro atoms. The smallest absolute Gasteiger partial charge is 0.0771 e. The Morgan fingerprint density at radius 1 is 1.38 bits per heavy atom. The van der Waals surface area contributed by atoms with Crippen LogP contribution in [0.1, 0.15) is 25.7 Å². The Bertz CT molecular complexity index is 479. The standard InChI is InChI=1S/C16H24N4O/c1-2-7-19-8-5-14(6-9-19)18-15-11-17-20(12-15)13-16-4-3-10-21-16/h1,11-12,14,16,18H,3-10,13H2. The molecule has 21 heavy (non-hydrogen) atoms. The molecule has 1 aromatic heterocycles. The van der Waals surface area contributed by atoms with Crippen molar-refractivity contribution in [3.8, 4) is 12.3 Å². The molecule has 2 aliphatic rings. The number of terminal acetylenes is 1. The van der Waals surface area contributed by atoms with Gasteiger partial charge in [-0.15, -0.1) is 6.42 Å². The number of hydrogen-bond donors (Lipinski definition) is 1. The summed E-state index contributed by atoms with van der Waals surface area (Å²) in [5, 5.41) is 8.01. The van der Waals surface area contributed by atoms with Crippen molar-refractivity contribution in [2.24, 2.45) is 0 Å². The van der Waals surface area contributed by atoms with Crippen LogP contribution in [0.4, 0.5) is 5.69 Å². The molecule has 0 aromatic carbocycles. The van der Waals surface area contributed by atoms with E-state index in [4.69, 9.17) is 11.2 Å². The molecule has 2 saturated heterocycles. The molecule has 2 aliphatic heterocycles. The van der Waals surface area contributed by atoms with E-state index in [1.165, 1.54) is 6.42 Å². The zero-order valence-electron chi connectivity index (χ0n) is 12.5. The molecule has 1 unspecified atom stereocenters. The molecule has 5 heteroatoms. The van der Waals surface area contributed by atoms with E-state index in [0.717, 1.165) is 57.7 Å². The largest absolute Gasteiger partial charge is 0.380 e. The number of aromatic nitrogens is 2. The van der Waals surface area contributed by atoms with Gasteiger partial charge in [0.25, 0.3) is 0 Å². The van der Waals surface area contributed by atoms with Crippen LogP contribution in [0.25, 0.3) is 0 Å². The summed E-state index contributed by atoms with van der Waals surface area (Å²) >= 11 is 0. The number of hydrogen-bond acceptors (Lipinski definition) is 4. The highest BCUT2D eigenvalue weighted by molar-refractivity contribution is 5.39. The first-order chi connectivity index (χ1) is 10.3. The van der Waals surface area contributed by atoms with Crippen molar-refractivity contribution in [1.82, 2.24) is 14.7 Å². The topological polar surface area (TPSA) is 42.3 Å². The lowest BCUT2D eigenvalue weighted by Gasteiger charge is -2.31. The molecular weight excluding hydrogens is 264 g/mol. The van der Waals surface area contributed by atoms with Gasteiger partial charge in [0.15, 0.2) is 0 Å². The van der Waals surface area contributed by atoms with E-state index in [9.17, 15) is 0 Å². The maximum absolute atomic E-state index is 5.65. The number of rotatable bonds is 5. The summed E-state index contributed by atoms with van der Waals surface area (Å²) in [6.45, 7) is 4.68. The van der Waals surface area contributed by atoms with Gasteiger partial charge in [0.1, 0.15) is 0 Å². The lowest BCUT2D eigenvalue weighted by Crippen LogP contribution is -2.39. The van der Waals surface area contributed by atoms with Gasteiger partial charge in [-0.3, -0.25) is 9.58 Å². The fourth-order valence-electron chi connectivity index (χ4n) is 3.14. The minimum atomic E-state index is 0.338. The molecule has 5 nitrogen and oxygen atoms in total. The van der Waals surface area contributed by atoms with E-state index in [0.29, 0.717) is 12.1 Å². The van der Waals surface area contributed by atoms with Gasteiger partial charge in [-0.25, -0.2) is 0 Å². The monoisotopic (exact) mass is 288 g/mol. The maximum Gasteiger partial charge on any atom is 0.0771 e. The van der Waals surface area contributed by atoms with E-state index in [-0.39, 0.29) is 0 Å². The van der Waals surface area contributed by atoms with Gasteiger partial charge >= 0.3 is 0 Å². The SMILES string of the molecule is C#CCN1CCC(Nc2cnn(CC3CCCO3)c2)CC1. The Morgan fingerprint density at radius 2 is 2.24 bits per heavy atom. The molecule has 114 valence electrons. The van der Waals surface area contributed by atoms with Gasteiger partial charge in [-0.05, 0) is 25.7 Å². The molecule has 3 heterocycles. The van der Waals surface area contributed by atoms with Crippen molar-refractivity contribution in [2.45, 2.75) is 44.4 Å². The summed E-state index contributed by atoms with van der Waals surface area (Å²) in [6, 6.07) is 0.527. The third-order valence-corrected chi connectivity index (χ3v) is 4.32. The van der Waals surface area contributed by atoms with Crippen LogP contribution >= 0.6 is 0 Å². The molecule has 0 aliphatic carbocycles. The van der Waals surface area contributed by atoms with Crippen LogP contribution in [-0.4, -0.2) is 53.1 Å². The van der Waals surface area contributed by atoms with Crippen LogP contribution in [0.3, 0.4) is 0 Å². The number of piperidine rings is 1. The first kappa shape index (κ1) is 14.4. The molecule has 2 fully saturated rings. The zero-order chi connectivity index (χ0) is 14.5. The lowest BCUT2D eigenvalue weighted by atomic mass is 10.1. The second kappa shape index (κ2) is 6.97. The van der Waals surface area contributed by atoms with Gasteiger partial charge < -0.3 is 10.1 Å². The van der Waals surface area contributed by atoms with E-state index in [1.54, 1.807) is 0 Å². The Balaban J connectivity index is 1.45. The van der Waals surface area contributed by atoms with Crippen LogP contribution < -0.4 is 5.32 Å². The average molecular weight is 288 g/mol. The summed E-state index contributed by atoms with van der Waals surface area (Å²) in [6.07, 6.45) is 14.3. The number of nitrogens with one attached hydrogen (secondary N) is 1. The molecule has 0 bridgehead atoms. The fourth-order valence-corrected chi connectivity index (χ4v) is 3.14. The minimum absolute atomic E-state index is 0.338. The molecule has 1 N–H and O–H groups in total. The van der Waals surface area contributed by atoms with Gasteiger partial charge in [-0.2, -0.15) is 5.10 Å². The maximum atomic E-state index is 5.65. The molecule has 1 aromatic rings. The normalized spacial score (nSPS) is 24.0. The second-order valence-electron chi connectivity index (χ2n) is 5.98. The molecule has 0 radical (unpaired) electrons. The Labute approximate surface area is 126 Å². The molecule has 0 amide bonds. The minimum Gasteiger partial charge on any atom is -0.380 e. The zero-order valence-corrected chi connectivity index (χ0v) is 12.5. The fraction of sp³-hybridized carbons (Fsp3) is 0.688. The van der Waals surface area contributed by atoms with Gasteiger partial charge in [-0.1, -0.05) is 5.92 Å². The first-order valence-corrected chi connectivity index (χ1v) is 7.90. The van der Waals surface area contributed by atoms with Gasteiger partial charge in [0, 0.05) is 31.9 Å². The Morgan fingerprint density at radius 3 is 2.95 bits per heavy atom. The van der Waals surface area contributed by atoms with E-state index in [1.807, 2.05) is 10.9 Å². The van der Waals surface area contributed by atoms with Crippen molar-refractivity contribution >= 4 is 5.69 Å². The average Bonchev–Trinajstić information content (AvgIpc) is 3.14. The van der Waals surface area contributed by atoms with E-state index < -0.39 is 0 Å². The van der Waals surface area contributed by atoms with Crippen LogP contribution in [0.5, 0.6) is 0 Å². The summed E-state index contributed by atoms with van der Waals surface area (Å²) in [5.41, 5.74) is 1.11. The number of likely N-dealkylation sites (tertiary alicyclic amines) is 1. The third kappa shape index (κ3) is 3.99. The van der Waals surface area contributed by atoms with Crippen molar-refractivity contribution in [3.63, 3.8) is 0 Å². The molecule has 3 rings (SSSR count). The number of nitrogens with zero attached hydrogens (tertiary/aromatic N) is 3. The number of anilines is 1. The van der Waals surface area contributed by atoms with E-state index >= 15 is 0 Å². The van der Waals surface area contributed by atoms with Crippen LogP contribution in [0.15, 0.2) is 12.4 Å². The summed E-state index contributed by atoms with van der Waals surface area (Å²) in [4.78, 5) is 2.33. The van der Waals surface area contributed by atoms with Crippen LogP contribution in [0.2, 0.25) is 0 Å². The quantitative estimate of drug-likeness (QED) is 0.835. The highest BCUT2D eigenvalue weighted by Gasteiger charge is 2.19.